The van der Waals surface area contributed by atoms with Gasteiger partial charge in [0.05, 0.1) is 0 Å². The lowest BCUT2D eigenvalue weighted by Crippen LogP contribution is -2.28. The van der Waals surface area contributed by atoms with E-state index in [9.17, 15) is 0 Å². The minimum atomic E-state index is 0.699. The maximum Gasteiger partial charge on any atom is 0.217 e. The van der Waals surface area contributed by atoms with Crippen molar-refractivity contribution in [3.63, 3.8) is 0 Å². The van der Waals surface area contributed by atoms with Crippen LogP contribution in [0.4, 0.5) is 0 Å². The van der Waals surface area contributed by atoms with Gasteiger partial charge in [-0.3, -0.25) is 4.68 Å². The molecule has 0 radical (unpaired) electrons. The molecular formula is C10H17BrN4. The molecule has 0 atom stereocenters. The first-order chi connectivity index (χ1) is 7.25. The van der Waals surface area contributed by atoms with E-state index in [1.807, 2.05) is 11.7 Å². The van der Waals surface area contributed by atoms with E-state index in [0.717, 1.165) is 18.2 Å². The zero-order valence-corrected chi connectivity index (χ0v) is 10.6. The number of nitrogens with one attached hydrogen (secondary N) is 1. The molecule has 0 bridgehead atoms. The third kappa shape index (κ3) is 3.01. The molecule has 2 rings (SSSR count). The summed E-state index contributed by atoms with van der Waals surface area (Å²) in [7, 11) is 1.95. The summed E-state index contributed by atoms with van der Waals surface area (Å²) in [6, 6.07) is 0. The molecule has 1 aromatic heterocycles. The van der Waals surface area contributed by atoms with Crippen LogP contribution in [0.15, 0.2) is 4.73 Å². The maximum atomic E-state index is 4.35. The number of hydrogen-bond donors (Lipinski definition) is 1. The number of rotatable bonds is 3. The Bertz CT molecular complexity index is 317. The second kappa shape index (κ2) is 5.07. The fraction of sp³-hybridized carbons (Fsp3) is 0.800. The van der Waals surface area contributed by atoms with E-state index < -0.39 is 0 Å². The van der Waals surface area contributed by atoms with Crippen LogP contribution in [0.25, 0.3) is 0 Å². The summed E-state index contributed by atoms with van der Waals surface area (Å²) in [5, 5.41) is 7.57. The average Bonchev–Trinajstić information content (AvgIpc) is 2.56. The number of piperidine rings is 1. The number of nitrogens with zero attached hydrogens (tertiary/aromatic N) is 3. The first kappa shape index (κ1) is 11.1. The lowest BCUT2D eigenvalue weighted by atomic mass is 9.93. The van der Waals surface area contributed by atoms with Crippen molar-refractivity contribution in [2.75, 3.05) is 13.1 Å². The molecule has 0 spiro atoms. The van der Waals surface area contributed by atoms with E-state index in [1.165, 1.54) is 32.4 Å². The summed E-state index contributed by atoms with van der Waals surface area (Å²) in [6.45, 7) is 2.35. The number of halogens is 1. The van der Waals surface area contributed by atoms with Crippen LogP contribution in [-0.4, -0.2) is 27.9 Å². The minimum absolute atomic E-state index is 0.699. The van der Waals surface area contributed by atoms with Gasteiger partial charge in [0.15, 0.2) is 0 Å². The van der Waals surface area contributed by atoms with E-state index in [2.05, 4.69) is 31.3 Å². The second-order valence-electron chi connectivity index (χ2n) is 4.15. The molecular weight excluding hydrogens is 256 g/mol. The summed E-state index contributed by atoms with van der Waals surface area (Å²) in [4.78, 5) is 4.35. The van der Waals surface area contributed by atoms with E-state index in [1.54, 1.807) is 0 Å². The van der Waals surface area contributed by atoms with Crippen LogP contribution in [0.2, 0.25) is 0 Å². The third-order valence-corrected chi connectivity index (χ3v) is 3.40. The van der Waals surface area contributed by atoms with E-state index >= 15 is 0 Å². The zero-order chi connectivity index (χ0) is 10.7. The zero-order valence-electron chi connectivity index (χ0n) is 9.04. The Balaban J connectivity index is 1.84. The molecule has 1 saturated heterocycles. The van der Waals surface area contributed by atoms with Crippen molar-refractivity contribution in [2.45, 2.75) is 25.7 Å². The predicted octanol–water partition coefficient (Wildman–Crippen LogP) is 1.51. The molecule has 4 nitrogen and oxygen atoms in total. The van der Waals surface area contributed by atoms with Crippen molar-refractivity contribution in [3.8, 4) is 0 Å². The summed E-state index contributed by atoms with van der Waals surface area (Å²) >= 11 is 3.30. The van der Waals surface area contributed by atoms with Crippen LogP contribution in [0.5, 0.6) is 0 Å². The van der Waals surface area contributed by atoms with Gasteiger partial charge in [0.1, 0.15) is 5.82 Å². The Kier molecular flexibility index (Phi) is 3.75. The monoisotopic (exact) mass is 272 g/mol. The quantitative estimate of drug-likeness (QED) is 0.907. The molecule has 5 heteroatoms. The minimum Gasteiger partial charge on any atom is -0.317 e. The molecule has 0 aliphatic carbocycles. The topological polar surface area (TPSA) is 42.7 Å². The van der Waals surface area contributed by atoms with Crippen molar-refractivity contribution >= 4 is 15.9 Å². The molecule has 0 amide bonds. The average molecular weight is 273 g/mol. The smallest absolute Gasteiger partial charge is 0.217 e. The Morgan fingerprint density at radius 3 is 2.80 bits per heavy atom. The number of aryl methyl sites for hydroxylation is 2. The third-order valence-electron chi connectivity index (χ3n) is 3.06. The number of aromatic nitrogens is 3. The second-order valence-corrected chi connectivity index (χ2v) is 4.86. The SMILES string of the molecule is Cn1nc(Br)nc1CCC1CCNCC1. The molecule has 2 heterocycles. The van der Waals surface area contributed by atoms with Crippen molar-refractivity contribution in [2.24, 2.45) is 13.0 Å². The Hall–Kier alpha value is -0.420. The highest BCUT2D eigenvalue weighted by Crippen LogP contribution is 2.18. The molecule has 1 aliphatic heterocycles. The first-order valence-electron chi connectivity index (χ1n) is 5.52. The Labute approximate surface area is 98.6 Å². The molecule has 1 aliphatic rings. The number of hydrogen-bond acceptors (Lipinski definition) is 3. The van der Waals surface area contributed by atoms with Crippen molar-refractivity contribution in [3.05, 3.63) is 10.6 Å². The van der Waals surface area contributed by atoms with Crippen LogP contribution in [0.3, 0.4) is 0 Å². The lowest BCUT2D eigenvalue weighted by molar-refractivity contribution is 0.351. The van der Waals surface area contributed by atoms with Gasteiger partial charge in [0.2, 0.25) is 4.73 Å². The van der Waals surface area contributed by atoms with Gasteiger partial charge in [-0.05, 0) is 54.2 Å². The van der Waals surface area contributed by atoms with Gasteiger partial charge in [0.25, 0.3) is 0 Å². The van der Waals surface area contributed by atoms with Gasteiger partial charge >= 0.3 is 0 Å². The molecule has 0 unspecified atom stereocenters. The fourth-order valence-corrected chi connectivity index (χ4v) is 2.55. The molecule has 1 aromatic rings. The van der Waals surface area contributed by atoms with E-state index in [-0.39, 0.29) is 0 Å². The molecule has 15 heavy (non-hydrogen) atoms. The molecule has 1 N–H and O–H groups in total. The summed E-state index contributed by atoms with van der Waals surface area (Å²) in [5.74, 6) is 1.95. The van der Waals surface area contributed by atoms with Crippen LogP contribution in [-0.2, 0) is 13.5 Å². The van der Waals surface area contributed by atoms with Gasteiger partial charge < -0.3 is 5.32 Å². The van der Waals surface area contributed by atoms with Crippen molar-refractivity contribution in [1.29, 1.82) is 0 Å². The van der Waals surface area contributed by atoms with Gasteiger partial charge in [-0.25, -0.2) is 4.98 Å². The normalized spacial score (nSPS) is 18.3. The van der Waals surface area contributed by atoms with Gasteiger partial charge in [-0.15, -0.1) is 5.10 Å². The molecule has 0 saturated carbocycles. The highest BCUT2D eigenvalue weighted by atomic mass is 79.9. The van der Waals surface area contributed by atoms with Gasteiger partial charge in [0, 0.05) is 13.5 Å². The fourth-order valence-electron chi connectivity index (χ4n) is 2.10. The summed E-state index contributed by atoms with van der Waals surface area (Å²) in [5.41, 5.74) is 0. The van der Waals surface area contributed by atoms with Crippen molar-refractivity contribution < 1.29 is 0 Å². The van der Waals surface area contributed by atoms with E-state index in [0.29, 0.717) is 4.73 Å². The van der Waals surface area contributed by atoms with Crippen molar-refractivity contribution in [1.82, 2.24) is 20.1 Å². The standard InChI is InChI=1S/C10H17BrN4/c1-15-9(13-10(11)14-15)3-2-8-4-6-12-7-5-8/h8,12H,2-7H2,1H3. The highest BCUT2D eigenvalue weighted by Gasteiger charge is 2.14. The van der Waals surface area contributed by atoms with Crippen LogP contribution >= 0.6 is 15.9 Å². The Morgan fingerprint density at radius 2 is 2.20 bits per heavy atom. The largest absolute Gasteiger partial charge is 0.317 e. The van der Waals surface area contributed by atoms with Crippen LogP contribution in [0.1, 0.15) is 25.1 Å². The highest BCUT2D eigenvalue weighted by molar-refractivity contribution is 9.10. The molecule has 84 valence electrons. The van der Waals surface area contributed by atoms with Gasteiger partial charge in [-0.2, -0.15) is 0 Å². The van der Waals surface area contributed by atoms with Crippen LogP contribution in [0, 0.1) is 5.92 Å². The van der Waals surface area contributed by atoms with Crippen LogP contribution < -0.4 is 5.32 Å². The maximum absolute atomic E-state index is 4.35. The Morgan fingerprint density at radius 1 is 1.47 bits per heavy atom. The predicted molar refractivity (Wildman–Crippen MR) is 62.6 cm³/mol. The van der Waals surface area contributed by atoms with E-state index in [4.69, 9.17) is 0 Å². The summed E-state index contributed by atoms with van der Waals surface area (Å²) in [6.07, 6.45) is 4.89. The van der Waals surface area contributed by atoms with Gasteiger partial charge in [-0.1, -0.05) is 0 Å². The lowest BCUT2D eigenvalue weighted by Gasteiger charge is -2.22. The molecule has 1 fully saturated rings. The molecule has 0 aromatic carbocycles. The first-order valence-corrected chi connectivity index (χ1v) is 6.31. The summed E-state index contributed by atoms with van der Waals surface area (Å²) < 4.78 is 2.57.